The van der Waals surface area contributed by atoms with E-state index in [2.05, 4.69) is 15.0 Å². The first kappa shape index (κ1) is 9.98. The summed E-state index contributed by atoms with van der Waals surface area (Å²) in [6.45, 7) is 3.91. The van der Waals surface area contributed by atoms with Crippen LogP contribution in [0, 0.1) is 18.5 Å². The third kappa shape index (κ3) is 2.27. The van der Waals surface area contributed by atoms with E-state index in [1.165, 1.54) is 0 Å². The fourth-order valence-corrected chi connectivity index (χ4v) is 1.64. The van der Waals surface area contributed by atoms with E-state index < -0.39 is 0 Å². The average Bonchev–Trinajstić information content (AvgIpc) is 2.16. The first-order valence-electron chi connectivity index (χ1n) is 4.67. The lowest BCUT2D eigenvalue weighted by Crippen LogP contribution is -1.95. The monoisotopic (exact) mass is 217 g/mol. The summed E-state index contributed by atoms with van der Waals surface area (Å²) in [7, 11) is 0. The number of hydrogen-bond donors (Lipinski definition) is 1. The number of H-pyrrole nitrogens is 1. The second-order valence-electron chi connectivity index (χ2n) is 3.42. The standard InChI is InChI=1S/C11H11N3S/c1-7-4-3-5-9(12-7)11-13-8(2)6-10(15)14-11/h3-6H,1-2H3,(H,13,14,15). The van der Waals surface area contributed by atoms with Crippen LogP contribution in [0.2, 0.25) is 0 Å². The molecule has 0 atom stereocenters. The van der Waals surface area contributed by atoms with Crippen LogP contribution < -0.4 is 0 Å². The molecule has 1 N–H and O–H groups in total. The molecule has 2 heterocycles. The van der Waals surface area contributed by atoms with Gasteiger partial charge in [0.2, 0.25) is 0 Å². The summed E-state index contributed by atoms with van der Waals surface area (Å²) in [5, 5.41) is 0. The maximum absolute atomic E-state index is 5.06. The molecule has 15 heavy (non-hydrogen) atoms. The van der Waals surface area contributed by atoms with Crippen molar-refractivity contribution >= 4 is 12.2 Å². The molecule has 0 aliphatic rings. The zero-order valence-electron chi connectivity index (χ0n) is 8.61. The minimum Gasteiger partial charge on any atom is -0.342 e. The molecule has 2 rings (SSSR count). The zero-order valence-corrected chi connectivity index (χ0v) is 9.43. The Morgan fingerprint density at radius 3 is 2.67 bits per heavy atom. The van der Waals surface area contributed by atoms with Crippen LogP contribution in [0.5, 0.6) is 0 Å². The van der Waals surface area contributed by atoms with Gasteiger partial charge in [0.1, 0.15) is 10.3 Å². The van der Waals surface area contributed by atoms with E-state index >= 15 is 0 Å². The predicted molar refractivity (Wildman–Crippen MR) is 62.1 cm³/mol. The first-order valence-corrected chi connectivity index (χ1v) is 5.08. The van der Waals surface area contributed by atoms with Crippen molar-refractivity contribution in [1.29, 1.82) is 0 Å². The molecule has 0 amide bonds. The highest BCUT2D eigenvalue weighted by Crippen LogP contribution is 2.12. The van der Waals surface area contributed by atoms with Gasteiger partial charge in [0.25, 0.3) is 0 Å². The summed E-state index contributed by atoms with van der Waals surface area (Å²) in [6, 6.07) is 7.65. The summed E-state index contributed by atoms with van der Waals surface area (Å²) in [5.41, 5.74) is 2.79. The predicted octanol–water partition coefficient (Wildman–Crippen LogP) is 2.82. The van der Waals surface area contributed by atoms with Crippen molar-refractivity contribution in [2.75, 3.05) is 0 Å². The maximum atomic E-state index is 5.06. The molecule has 0 aromatic carbocycles. The van der Waals surface area contributed by atoms with Gasteiger partial charge in [-0.2, -0.15) is 0 Å². The minimum absolute atomic E-state index is 0.588. The molecule has 0 aliphatic carbocycles. The summed E-state index contributed by atoms with van der Waals surface area (Å²) in [6.07, 6.45) is 0. The van der Waals surface area contributed by atoms with Gasteiger partial charge in [0.05, 0.1) is 0 Å². The number of pyridine rings is 1. The highest BCUT2D eigenvalue weighted by atomic mass is 32.1. The number of rotatable bonds is 1. The van der Waals surface area contributed by atoms with Crippen LogP contribution in [0.4, 0.5) is 0 Å². The molecule has 4 heteroatoms. The van der Waals surface area contributed by atoms with Gasteiger partial charge in [-0.15, -0.1) is 0 Å². The van der Waals surface area contributed by atoms with Crippen LogP contribution in [0.25, 0.3) is 11.5 Å². The lowest BCUT2D eigenvalue weighted by atomic mass is 10.3. The number of aryl methyl sites for hydroxylation is 2. The SMILES string of the molecule is Cc1cccc(-c2nc(=S)cc(C)[nH]2)n1. The van der Waals surface area contributed by atoms with Crippen LogP contribution in [0.3, 0.4) is 0 Å². The van der Waals surface area contributed by atoms with Crippen molar-refractivity contribution < 1.29 is 0 Å². The molecule has 0 bridgehead atoms. The quantitative estimate of drug-likeness (QED) is 0.747. The van der Waals surface area contributed by atoms with Crippen molar-refractivity contribution in [3.8, 4) is 11.5 Å². The molecule has 0 spiro atoms. The summed E-state index contributed by atoms with van der Waals surface area (Å²) < 4.78 is 0.588. The smallest absolute Gasteiger partial charge is 0.157 e. The van der Waals surface area contributed by atoms with Gasteiger partial charge in [0, 0.05) is 11.4 Å². The van der Waals surface area contributed by atoms with Gasteiger partial charge in [-0.3, -0.25) is 0 Å². The Hall–Kier alpha value is -1.55. The first-order chi connectivity index (χ1) is 7.15. The fraction of sp³-hybridized carbons (Fsp3) is 0.182. The van der Waals surface area contributed by atoms with Crippen LogP contribution >= 0.6 is 12.2 Å². The number of hydrogen-bond acceptors (Lipinski definition) is 3. The van der Waals surface area contributed by atoms with E-state index in [-0.39, 0.29) is 0 Å². The van der Waals surface area contributed by atoms with Crippen molar-refractivity contribution in [2.45, 2.75) is 13.8 Å². The van der Waals surface area contributed by atoms with Crippen molar-refractivity contribution in [1.82, 2.24) is 15.0 Å². The topological polar surface area (TPSA) is 41.6 Å². The Kier molecular flexibility index (Phi) is 2.60. The molecule has 0 saturated heterocycles. The molecule has 2 aromatic heterocycles. The van der Waals surface area contributed by atoms with Gasteiger partial charge in [-0.1, -0.05) is 18.3 Å². The molecule has 0 saturated carbocycles. The Morgan fingerprint density at radius 1 is 1.20 bits per heavy atom. The summed E-state index contributed by atoms with van der Waals surface area (Å²) in [4.78, 5) is 11.8. The normalized spacial score (nSPS) is 10.3. The van der Waals surface area contributed by atoms with Crippen LogP contribution in [0.1, 0.15) is 11.4 Å². The van der Waals surface area contributed by atoms with Gasteiger partial charge in [-0.05, 0) is 32.0 Å². The Bertz CT molecular complexity index is 546. The van der Waals surface area contributed by atoms with Crippen molar-refractivity contribution in [3.63, 3.8) is 0 Å². The van der Waals surface area contributed by atoms with Gasteiger partial charge in [-0.25, -0.2) is 9.97 Å². The fourth-order valence-electron chi connectivity index (χ4n) is 1.37. The van der Waals surface area contributed by atoms with Crippen LogP contribution in [-0.4, -0.2) is 15.0 Å². The van der Waals surface area contributed by atoms with Gasteiger partial charge < -0.3 is 4.98 Å². The molecule has 2 aromatic rings. The molecule has 76 valence electrons. The molecule has 0 fully saturated rings. The van der Waals surface area contributed by atoms with E-state index in [9.17, 15) is 0 Å². The van der Waals surface area contributed by atoms with E-state index in [4.69, 9.17) is 12.2 Å². The Balaban J connectivity index is 2.59. The van der Waals surface area contributed by atoms with Gasteiger partial charge >= 0.3 is 0 Å². The minimum atomic E-state index is 0.588. The van der Waals surface area contributed by atoms with E-state index in [1.54, 1.807) is 0 Å². The van der Waals surface area contributed by atoms with Crippen molar-refractivity contribution in [2.24, 2.45) is 0 Å². The van der Waals surface area contributed by atoms with Gasteiger partial charge in [0.15, 0.2) is 5.82 Å². The Labute approximate surface area is 93.2 Å². The zero-order chi connectivity index (χ0) is 10.8. The number of nitrogens with one attached hydrogen (secondary N) is 1. The lowest BCUT2D eigenvalue weighted by molar-refractivity contribution is 1.07. The number of aromatic amines is 1. The largest absolute Gasteiger partial charge is 0.342 e. The maximum Gasteiger partial charge on any atom is 0.157 e. The van der Waals surface area contributed by atoms with Crippen LogP contribution in [0.15, 0.2) is 24.3 Å². The molecular weight excluding hydrogens is 206 g/mol. The lowest BCUT2D eigenvalue weighted by Gasteiger charge is -2.02. The summed E-state index contributed by atoms with van der Waals surface area (Å²) >= 11 is 5.06. The molecule has 0 unspecified atom stereocenters. The van der Waals surface area contributed by atoms with E-state index in [0.717, 1.165) is 22.9 Å². The molecule has 0 radical (unpaired) electrons. The molecule has 3 nitrogen and oxygen atoms in total. The second kappa shape index (κ2) is 3.90. The number of nitrogens with zero attached hydrogens (tertiary/aromatic N) is 2. The van der Waals surface area contributed by atoms with E-state index in [1.807, 2.05) is 38.1 Å². The third-order valence-corrected chi connectivity index (χ3v) is 2.22. The molecule has 0 aliphatic heterocycles. The molecular formula is C11H11N3S. The highest BCUT2D eigenvalue weighted by molar-refractivity contribution is 7.71. The van der Waals surface area contributed by atoms with Crippen molar-refractivity contribution in [3.05, 3.63) is 40.3 Å². The van der Waals surface area contributed by atoms with E-state index in [0.29, 0.717) is 4.64 Å². The highest BCUT2D eigenvalue weighted by Gasteiger charge is 2.01. The average molecular weight is 217 g/mol. The second-order valence-corrected chi connectivity index (χ2v) is 3.83. The third-order valence-electron chi connectivity index (χ3n) is 2.01. The van der Waals surface area contributed by atoms with Crippen LogP contribution in [-0.2, 0) is 0 Å². The number of aromatic nitrogens is 3. The summed E-state index contributed by atoms with van der Waals surface area (Å²) in [5.74, 6) is 0.726. The Morgan fingerprint density at radius 2 is 2.00 bits per heavy atom.